The van der Waals surface area contributed by atoms with Gasteiger partial charge in [0.15, 0.2) is 0 Å². The molecule has 0 atom stereocenters. The van der Waals surface area contributed by atoms with E-state index in [0.717, 1.165) is 0 Å². The van der Waals surface area contributed by atoms with Gasteiger partial charge < -0.3 is 14.4 Å². The van der Waals surface area contributed by atoms with Gasteiger partial charge in [0.05, 0.1) is 19.7 Å². The summed E-state index contributed by atoms with van der Waals surface area (Å²) in [6, 6.07) is 0. The fraction of sp³-hybridized carbons (Fsp3) is 0.909. The number of nitrogens with zero attached hydrogens (tertiary/aromatic N) is 2. The van der Waals surface area contributed by atoms with Crippen molar-refractivity contribution in [2.45, 2.75) is 32.0 Å². The van der Waals surface area contributed by atoms with Crippen molar-refractivity contribution < 1.29 is 22.7 Å². The Labute approximate surface area is 123 Å². The SMILES string of the molecule is CC(C)(C)OC(=O)N1CC2(C1)CN(S(=O)(=O)Cl)CCO2. The van der Waals surface area contributed by atoms with Gasteiger partial charge in [0.2, 0.25) is 0 Å². The van der Waals surface area contributed by atoms with Gasteiger partial charge in [-0.3, -0.25) is 0 Å². The molecule has 1 amide bonds. The number of hydrogen-bond donors (Lipinski definition) is 0. The standard InChI is InChI=1S/C11H19ClN2O5S/c1-10(2,3)19-9(15)13-6-11(7-13)8-14(4-5-18-11)20(12,16)17/h4-8H2,1-3H3. The summed E-state index contributed by atoms with van der Waals surface area (Å²) in [5.74, 6) is 0. The van der Waals surface area contributed by atoms with Crippen LogP contribution in [-0.2, 0) is 18.7 Å². The summed E-state index contributed by atoms with van der Waals surface area (Å²) in [7, 11) is 1.59. The molecule has 0 aromatic carbocycles. The van der Waals surface area contributed by atoms with Crippen LogP contribution in [0.5, 0.6) is 0 Å². The zero-order valence-electron chi connectivity index (χ0n) is 11.8. The monoisotopic (exact) mass is 326 g/mol. The average Bonchev–Trinajstić information content (AvgIpc) is 2.22. The van der Waals surface area contributed by atoms with E-state index in [1.165, 1.54) is 9.21 Å². The molecular weight excluding hydrogens is 308 g/mol. The molecule has 2 aliphatic rings. The number of morpholine rings is 1. The van der Waals surface area contributed by atoms with Crippen LogP contribution in [0.1, 0.15) is 20.8 Å². The Kier molecular flexibility index (Phi) is 3.96. The van der Waals surface area contributed by atoms with Crippen molar-refractivity contribution in [1.82, 2.24) is 9.21 Å². The minimum atomic E-state index is -3.75. The maximum absolute atomic E-state index is 11.8. The van der Waals surface area contributed by atoms with Crippen LogP contribution in [-0.4, -0.2) is 67.7 Å². The lowest BCUT2D eigenvalue weighted by Gasteiger charge is -2.52. The molecule has 0 aromatic heterocycles. The number of amides is 1. The molecule has 2 heterocycles. The highest BCUT2D eigenvalue weighted by Crippen LogP contribution is 2.31. The van der Waals surface area contributed by atoms with E-state index in [1.54, 1.807) is 20.8 Å². The van der Waals surface area contributed by atoms with Gasteiger partial charge in [-0.2, -0.15) is 12.7 Å². The normalized spacial score (nSPS) is 23.5. The van der Waals surface area contributed by atoms with Gasteiger partial charge in [-0.1, -0.05) is 0 Å². The third kappa shape index (κ3) is 3.55. The lowest BCUT2D eigenvalue weighted by molar-refractivity contribution is -0.165. The van der Waals surface area contributed by atoms with E-state index < -0.39 is 26.5 Å². The number of rotatable bonds is 1. The molecule has 2 saturated heterocycles. The Hall–Kier alpha value is -0.570. The third-order valence-corrected chi connectivity index (χ3v) is 4.65. The Balaban J connectivity index is 1.93. The highest BCUT2D eigenvalue weighted by atomic mass is 35.7. The molecule has 2 rings (SSSR count). The molecule has 7 nitrogen and oxygen atoms in total. The Morgan fingerprint density at radius 2 is 1.90 bits per heavy atom. The Bertz CT molecular complexity index is 495. The van der Waals surface area contributed by atoms with Crippen LogP contribution in [0.3, 0.4) is 0 Å². The van der Waals surface area contributed by atoms with Gasteiger partial charge in [-0.15, -0.1) is 0 Å². The van der Waals surface area contributed by atoms with E-state index in [4.69, 9.17) is 20.2 Å². The fourth-order valence-corrected chi connectivity index (χ4v) is 3.33. The van der Waals surface area contributed by atoms with Crippen LogP contribution in [0.4, 0.5) is 4.79 Å². The predicted octanol–water partition coefficient (Wildman–Crippen LogP) is 0.792. The van der Waals surface area contributed by atoms with Crippen molar-refractivity contribution in [3.63, 3.8) is 0 Å². The Morgan fingerprint density at radius 3 is 2.40 bits per heavy atom. The largest absolute Gasteiger partial charge is 0.444 e. The van der Waals surface area contributed by atoms with E-state index in [2.05, 4.69) is 0 Å². The van der Waals surface area contributed by atoms with Gasteiger partial charge in [0.1, 0.15) is 11.2 Å². The topological polar surface area (TPSA) is 76.2 Å². The molecule has 20 heavy (non-hydrogen) atoms. The molecule has 0 aliphatic carbocycles. The van der Waals surface area contributed by atoms with Crippen LogP contribution >= 0.6 is 10.7 Å². The Morgan fingerprint density at radius 1 is 1.30 bits per heavy atom. The maximum atomic E-state index is 11.8. The molecular formula is C11H19ClN2O5S. The first-order valence-electron chi connectivity index (χ1n) is 6.32. The average molecular weight is 327 g/mol. The highest BCUT2D eigenvalue weighted by Gasteiger charge is 2.51. The van der Waals surface area contributed by atoms with Crippen LogP contribution in [0, 0.1) is 0 Å². The van der Waals surface area contributed by atoms with Gasteiger partial charge in [0, 0.05) is 23.8 Å². The van der Waals surface area contributed by atoms with E-state index in [1.807, 2.05) is 0 Å². The van der Waals surface area contributed by atoms with Crippen molar-refractivity contribution in [3.8, 4) is 0 Å². The summed E-state index contributed by atoms with van der Waals surface area (Å²) in [4.78, 5) is 13.3. The van der Waals surface area contributed by atoms with Gasteiger partial charge in [0.25, 0.3) is 9.24 Å². The van der Waals surface area contributed by atoms with Crippen LogP contribution in [0.25, 0.3) is 0 Å². The first-order valence-corrected chi connectivity index (χ1v) is 8.59. The summed E-state index contributed by atoms with van der Waals surface area (Å²) in [5.41, 5.74) is -1.21. The lowest BCUT2D eigenvalue weighted by Crippen LogP contribution is -2.71. The zero-order chi connectivity index (χ0) is 15.2. The number of hydrogen-bond acceptors (Lipinski definition) is 5. The number of likely N-dealkylation sites (tertiary alicyclic amines) is 1. The van der Waals surface area contributed by atoms with Crippen molar-refractivity contribution in [3.05, 3.63) is 0 Å². The smallest absolute Gasteiger partial charge is 0.410 e. The van der Waals surface area contributed by atoms with E-state index >= 15 is 0 Å². The lowest BCUT2D eigenvalue weighted by atomic mass is 9.93. The number of halogens is 1. The molecule has 0 unspecified atom stereocenters. The molecule has 0 radical (unpaired) electrons. The minimum Gasteiger partial charge on any atom is -0.444 e. The number of ether oxygens (including phenoxy) is 2. The summed E-state index contributed by atoms with van der Waals surface area (Å²) >= 11 is 0. The van der Waals surface area contributed by atoms with Crippen molar-refractivity contribution in [1.29, 1.82) is 0 Å². The van der Waals surface area contributed by atoms with Crippen molar-refractivity contribution in [2.24, 2.45) is 0 Å². The van der Waals surface area contributed by atoms with Crippen LogP contribution in [0.2, 0.25) is 0 Å². The number of carbonyl (C=O) groups excluding carboxylic acids is 1. The second-order valence-electron chi connectivity index (χ2n) is 6.14. The van der Waals surface area contributed by atoms with E-state index in [0.29, 0.717) is 13.1 Å². The summed E-state index contributed by atoms with van der Waals surface area (Å²) < 4.78 is 34.7. The molecule has 1 spiro atoms. The molecule has 116 valence electrons. The molecule has 0 aromatic rings. The maximum Gasteiger partial charge on any atom is 0.410 e. The second kappa shape index (κ2) is 5.01. The van der Waals surface area contributed by atoms with E-state index in [-0.39, 0.29) is 19.7 Å². The van der Waals surface area contributed by atoms with Crippen molar-refractivity contribution >= 4 is 26.0 Å². The second-order valence-corrected chi connectivity index (χ2v) is 8.65. The summed E-state index contributed by atoms with van der Waals surface area (Å²) in [6.07, 6.45) is -0.419. The molecule has 0 bridgehead atoms. The van der Waals surface area contributed by atoms with Gasteiger partial charge in [-0.05, 0) is 20.8 Å². The summed E-state index contributed by atoms with van der Waals surface area (Å²) in [5, 5.41) is 0. The number of carbonyl (C=O) groups is 1. The molecule has 0 saturated carbocycles. The molecule has 9 heteroatoms. The van der Waals surface area contributed by atoms with Crippen LogP contribution < -0.4 is 0 Å². The highest BCUT2D eigenvalue weighted by molar-refractivity contribution is 8.11. The van der Waals surface area contributed by atoms with Gasteiger partial charge in [-0.25, -0.2) is 4.79 Å². The molecule has 2 fully saturated rings. The van der Waals surface area contributed by atoms with Crippen LogP contribution in [0.15, 0.2) is 0 Å². The quantitative estimate of drug-likeness (QED) is 0.666. The van der Waals surface area contributed by atoms with Crippen molar-refractivity contribution in [2.75, 3.05) is 32.8 Å². The predicted molar refractivity (Wildman–Crippen MR) is 72.8 cm³/mol. The zero-order valence-corrected chi connectivity index (χ0v) is 13.3. The molecule has 0 N–H and O–H groups in total. The molecule has 2 aliphatic heterocycles. The first-order chi connectivity index (χ1) is 9.01. The minimum absolute atomic E-state index is 0.165. The van der Waals surface area contributed by atoms with Gasteiger partial charge >= 0.3 is 6.09 Å². The van der Waals surface area contributed by atoms with E-state index in [9.17, 15) is 13.2 Å². The third-order valence-electron chi connectivity index (χ3n) is 3.13. The fourth-order valence-electron chi connectivity index (χ4n) is 2.29. The summed E-state index contributed by atoms with van der Waals surface area (Å²) in [6.45, 7) is 6.67. The first kappa shape index (κ1) is 15.8.